The molecule has 0 N–H and O–H groups in total. The molecule has 0 aliphatic carbocycles. The van der Waals surface area contributed by atoms with Gasteiger partial charge in [0.2, 0.25) is 0 Å². The van der Waals surface area contributed by atoms with E-state index in [1.807, 2.05) is 6.92 Å². The van der Waals surface area contributed by atoms with Crippen molar-refractivity contribution in [2.75, 3.05) is 0 Å². The fraction of sp³-hybridized carbons (Fsp3) is 0.562. The van der Waals surface area contributed by atoms with E-state index < -0.39 is 0 Å². The molecule has 1 unspecified atom stereocenters. The van der Waals surface area contributed by atoms with Gasteiger partial charge in [-0.3, -0.25) is 0 Å². The van der Waals surface area contributed by atoms with Crippen LogP contribution in [-0.2, 0) is 16.6 Å². The third kappa shape index (κ3) is 3.42. The van der Waals surface area contributed by atoms with Crippen molar-refractivity contribution in [3.63, 3.8) is 0 Å². The molecule has 17 heavy (non-hydrogen) atoms. The van der Waals surface area contributed by atoms with Crippen LogP contribution in [0.1, 0.15) is 51.7 Å². The Bertz CT molecular complexity index is 346. The average Bonchev–Trinajstić information content (AvgIpc) is 2.38. The summed E-state index contributed by atoms with van der Waals surface area (Å²) in [5.74, 6) is 0.115. The van der Waals surface area contributed by atoms with E-state index in [0.717, 1.165) is 25.5 Å². The molecule has 1 aromatic rings. The van der Waals surface area contributed by atoms with Gasteiger partial charge in [-0.25, -0.2) is 0 Å². The molecule has 1 rings (SSSR count). The number of carbonyl (C=O) groups excluding carboxylic acids is 1. The van der Waals surface area contributed by atoms with Crippen LogP contribution in [0.4, 0.5) is 0 Å². The highest BCUT2D eigenvalue weighted by atomic mass is 16.1. The molecule has 94 valence electrons. The number of hydrogen-bond acceptors (Lipinski definition) is 1. The van der Waals surface area contributed by atoms with Gasteiger partial charge in [0.05, 0.1) is 0 Å². The Labute approximate surface area is 105 Å². The van der Waals surface area contributed by atoms with Crippen molar-refractivity contribution in [2.24, 2.45) is 5.92 Å². The van der Waals surface area contributed by atoms with Crippen LogP contribution in [0.5, 0.6) is 0 Å². The number of benzene rings is 1. The van der Waals surface area contributed by atoms with E-state index in [1.54, 1.807) is 0 Å². The second-order valence-electron chi connectivity index (χ2n) is 5.28. The molecule has 0 aliphatic rings. The number of hydrogen-bond donors (Lipinski definition) is 0. The van der Waals surface area contributed by atoms with E-state index in [2.05, 4.69) is 45.0 Å². The fourth-order valence-corrected chi connectivity index (χ4v) is 2.12. The molecule has 1 atom stereocenters. The minimum atomic E-state index is 0.115. The summed E-state index contributed by atoms with van der Waals surface area (Å²) in [7, 11) is 0. The van der Waals surface area contributed by atoms with Gasteiger partial charge in [0.15, 0.2) is 0 Å². The highest BCUT2D eigenvalue weighted by molar-refractivity contribution is 5.53. The van der Waals surface area contributed by atoms with Crippen LogP contribution in [0.3, 0.4) is 0 Å². The molecule has 0 spiro atoms. The van der Waals surface area contributed by atoms with Gasteiger partial charge in [-0.1, -0.05) is 52.0 Å². The molecular formula is C16H24O. The van der Waals surface area contributed by atoms with Crippen LogP contribution in [0.2, 0.25) is 0 Å². The third-order valence-corrected chi connectivity index (χ3v) is 4.00. The Morgan fingerprint density at radius 2 is 1.71 bits per heavy atom. The lowest BCUT2D eigenvalue weighted by Crippen LogP contribution is -2.19. The van der Waals surface area contributed by atoms with E-state index in [9.17, 15) is 4.79 Å². The maximum absolute atomic E-state index is 10.6. The first-order valence-electron chi connectivity index (χ1n) is 6.60. The summed E-state index contributed by atoms with van der Waals surface area (Å²) in [4.78, 5) is 10.6. The van der Waals surface area contributed by atoms with Crippen LogP contribution < -0.4 is 0 Å². The minimum absolute atomic E-state index is 0.115. The first kappa shape index (κ1) is 14.0. The van der Waals surface area contributed by atoms with Crippen molar-refractivity contribution < 1.29 is 4.79 Å². The summed E-state index contributed by atoms with van der Waals surface area (Å²) < 4.78 is 0. The van der Waals surface area contributed by atoms with Gasteiger partial charge in [-0.15, -0.1) is 0 Å². The van der Waals surface area contributed by atoms with Crippen LogP contribution in [0.15, 0.2) is 24.3 Å². The van der Waals surface area contributed by atoms with Crippen LogP contribution in [-0.4, -0.2) is 6.29 Å². The number of carbonyl (C=O) groups is 1. The van der Waals surface area contributed by atoms with Crippen LogP contribution in [0, 0.1) is 5.92 Å². The first-order valence-corrected chi connectivity index (χ1v) is 6.60. The molecule has 0 aliphatic heterocycles. The molecule has 1 nitrogen and oxygen atoms in total. The molecule has 0 fully saturated rings. The average molecular weight is 232 g/mol. The van der Waals surface area contributed by atoms with Gasteiger partial charge in [-0.2, -0.15) is 0 Å². The lowest BCUT2D eigenvalue weighted by molar-refractivity contribution is -0.110. The zero-order valence-corrected chi connectivity index (χ0v) is 11.5. The topological polar surface area (TPSA) is 17.1 Å². The van der Waals surface area contributed by atoms with Crippen molar-refractivity contribution in [1.82, 2.24) is 0 Å². The molecule has 0 saturated carbocycles. The summed E-state index contributed by atoms with van der Waals surface area (Å²) >= 11 is 0. The molecule has 0 saturated heterocycles. The predicted molar refractivity (Wildman–Crippen MR) is 73.3 cm³/mol. The smallest absolute Gasteiger partial charge is 0.123 e. The van der Waals surface area contributed by atoms with Gasteiger partial charge in [-0.05, 0) is 35.8 Å². The number of aldehydes is 1. The normalized spacial score (nSPS) is 13.4. The van der Waals surface area contributed by atoms with Crippen molar-refractivity contribution in [3.8, 4) is 0 Å². The SMILES string of the molecule is CCC(C)(CC)c1ccc(CC(C)C=O)cc1. The van der Waals surface area contributed by atoms with Gasteiger partial charge >= 0.3 is 0 Å². The van der Waals surface area contributed by atoms with Gasteiger partial charge in [0.1, 0.15) is 6.29 Å². The lowest BCUT2D eigenvalue weighted by Gasteiger charge is -2.27. The summed E-state index contributed by atoms with van der Waals surface area (Å²) in [6.45, 7) is 8.76. The molecule has 0 radical (unpaired) electrons. The van der Waals surface area contributed by atoms with Crippen molar-refractivity contribution in [3.05, 3.63) is 35.4 Å². The monoisotopic (exact) mass is 232 g/mol. The maximum atomic E-state index is 10.6. The largest absolute Gasteiger partial charge is 0.303 e. The Morgan fingerprint density at radius 3 is 2.12 bits per heavy atom. The summed E-state index contributed by atoms with van der Waals surface area (Å²) in [6.07, 6.45) is 4.19. The maximum Gasteiger partial charge on any atom is 0.123 e. The molecule has 0 aromatic heterocycles. The van der Waals surface area contributed by atoms with Crippen LogP contribution in [0.25, 0.3) is 0 Å². The van der Waals surface area contributed by atoms with Crippen LogP contribution >= 0.6 is 0 Å². The third-order valence-electron chi connectivity index (χ3n) is 4.00. The molecule has 0 bridgehead atoms. The summed E-state index contributed by atoms with van der Waals surface area (Å²) in [5.41, 5.74) is 2.95. The Balaban J connectivity index is 2.84. The van der Waals surface area contributed by atoms with Gasteiger partial charge in [0.25, 0.3) is 0 Å². The molecule has 0 heterocycles. The Morgan fingerprint density at radius 1 is 1.18 bits per heavy atom. The first-order chi connectivity index (χ1) is 8.05. The van der Waals surface area contributed by atoms with E-state index in [4.69, 9.17) is 0 Å². The summed E-state index contributed by atoms with van der Waals surface area (Å²) in [5, 5.41) is 0. The molecule has 1 heteroatoms. The zero-order valence-electron chi connectivity index (χ0n) is 11.5. The van der Waals surface area contributed by atoms with Crippen molar-refractivity contribution in [2.45, 2.75) is 52.4 Å². The van der Waals surface area contributed by atoms with Crippen molar-refractivity contribution in [1.29, 1.82) is 0 Å². The van der Waals surface area contributed by atoms with Gasteiger partial charge in [0, 0.05) is 5.92 Å². The van der Waals surface area contributed by atoms with Crippen molar-refractivity contribution >= 4 is 6.29 Å². The van der Waals surface area contributed by atoms with E-state index in [-0.39, 0.29) is 11.3 Å². The highest BCUT2D eigenvalue weighted by Crippen LogP contribution is 2.31. The second kappa shape index (κ2) is 6.00. The molecular weight excluding hydrogens is 208 g/mol. The lowest BCUT2D eigenvalue weighted by atomic mass is 9.77. The van der Waals surface area contributed by atoms with E-state index in [0.29, 0.717) is 0 Å². The molecule has 0 amide bonds. The predicted octanol–water partition coefficient (Wildman–Crippen LogP) is 4.14. The fourth-order valence-electron chi connectivity index (χ4n) is 2.12. The molecule has 1 aromatic carbocycles. The Kier molecular flexibility index (Phi) is 4.92. The quantitative estimate of drug-likeness (QED) is 0.674. The number of rotatable bonds is 6. The second-order valence-corrected chi connectivity index (χ2v) is 5.28. The highest BCUT2D eigenvalue weighted by Gasteiger charge is 2.21. The summed E-state index contributed by atoms with van der Waals surface area (Å²) in [6, 6.07) is 8.78. The standard InChI is InChI=1S/C16H24O/c1-5-16(4,6-2)15-9-7-14(8-10-15)11-13(3)12-17/h7-10,12-13H,5-6,11H2,1-4H3. The minimum Gasteiger partial charge on any atom is -0.303 e. The van der Waals surface area contributed by atoms with E-state index in [1.165, 1.54) is 11.1 Å². The Hall–Kier alpha value is -1.11. The van der Waals surface area contributed by atoms with Gasteiger partial charge < -0.3 is 4.79 Å². The zero-order chi connectivity index (χ0) is 12.9. The van der Waals surface area contributed by atoms with E-state index >= 15 is 0 Å².